The van der Waals surface area contributed by atoms with Crippen LogP contribution in [-0.2, 0) is 16.0 Å². The lowest BCUT2D eigenvalue weighted by molar-refractivity contribution is -0.142. The Bertz CT molecular complexity index is 410. The van der Waals surface area contributed by atoms with Gasteiger partial charge in [-0.2, -0.15) is 0 Å². The lowest BCUT2D eigenvalue weighted by atomic mass is 10.1. The molecule has 0 aromatic carbocycles. The van der Waals surface area contributed by atoms with Crippen molar-refractivity contribution >= 4 is 11.9 Å². The number of carbonyl (C=O) groups is 2. The van der Waals surface area contributed by atoms with Crippen molar-refractivity contribution in [2.24, 2.45) is 5.92 Å². The average molecular weight is 251 g/mol. The Morgan fingerprint density at radius 2 is 2.22 bits per heavy atom. The minimum atomic E-state index is -1.02. The van der Waals surface area contributed by atoms with E-state index in [0.29, 0.717) is 5.69 Å². The summed E-state index contributed by atoms with van der Waals surface area (Å²) in [6.07, 6.45) is 7.12. The molecule has 18 heavy (non-hydrogen) atoms. The van der Waals surface area contributed by atoms with Gasteiger partial charge in [0.05, 0.1) is 6.33 Å². The maximum atomic E-state index is 11.9. The topological polar surface area (TPSA) is 95.1 Å². The third-order valence-corrected chi connectivity index (χ3v) is 3.32. The zero-order valence-electron chi connectivity index (χ0n) is 10.1. The predicted octanol–water partition coefficient (Wildman–Crippen LogP) is 0.712. The highest BCUT2D eigenvalue weighted by Gasteiger charge is 2.27. The number of carboxylic acid groups (broad SMARTS) is 1. The second-order valence-electron chi connectivity index (χ2n) is 4.66. The summed E-state index contributed by atoms with van der Waals surface area (Å²) in [7, 11) is 0. The van der Waals surface area contributed by atoms with Crippen LogP contribution in [-0.4, -0.2) is 33.0 Å². The normalized spacial score (nSPS) is 17.6. The first kappa shape index (κ1) is 12.6. The van der Waals surface area contributed by atoms with Crippen molar-refractivity contribution in [1.82, 2.24) is 15.3 Å². The molecule has 1 amide bonds. The number of imidazole rings is 1. The largest absolute Gasteiger partial charge is 0.480 e. The number of carboxylic acids is 1. The number of aromatic amines is 1. The third-order valence-electron chi connectivity index (χ3n) is 3.32. The summed E-state index contributed by atoms with van der Waals surface area (Å²) >= 11 is 0. The van der Waals surface area contributed by atoms with Crippen molar-refractivity contribution in [1.29, 1.82) is 0 Å². The molecule has 0 aliphatic heterocycles. The highest BCUT2D eigenvalue weighted by Crippen LogP contribution is 2.24. The number of carbonyl (C=O) groups excluding carboxylic acids is 1. The number of nitrogens with zero attached hydrogens (tertiary/aromatic N) is 1. The maximum absolute atomic E-state index is 11.9. The lowest BCUT2D eigenvalue weighted by Crippen LogP contribution is -2.44. The van der Waals surface area contributed by atoms with Gasteiger partial charge in [-0.3, -0.25) is 4.79 Å². The minimum Gasteiger partial charge on any atom is -0.480 e. The summed E-state index contributed by atoms with van der Waals surface area (Å²) in [6, 6.07) is -0.890. The van der Waals surface area contributed by atoms with E-state index in [0.717, 1.165) is 25.7 Å². The minimum absolute atomic E-state index is 0.0198. The van der Waals surface area contributed by atoms with Gasteiger partial charge in [-0.05, 0) is 12.8 Å². The first-order valence-corrected chi connectivity index (χ1v) is 6.17. The summed E-state index contributed by atoms with van der Waals surface area (Å²) in [5.74, 6) is -1.18. The summed E-state index contributed by atoms with van der Waals surface area (Å²) in [5.41, 5.74) is 0.703. The molecule has 6 heteroatoms. The van der Waals surface area contributed by atoms with Gasteiger partial charge >= 0.3 is 5.97 Å². The molecular weight excluding hydrogens is 234 g/mol. The Morgan fingerprint density at radius 3 is 2.78 bits per heavy atom. The molecule has 1 heterocycles. The molecule has 1 atom stereocenters. The molecule has 0 spiro atoms. The number of nitrogens with one attached hydrogen (secondary N) is 2. The highest BCUT2D eigenvalue weighted by molar-refractivity contribution is 5.85. The SMILES string of the molecule is O=C(N[C@@H](Cc1cnc[nH]1)C(=O)O)C1CCCC1. The van der Waals surface area contributed by atoms with E-state index in [9.17, 15) is 9.59 Å². The summed E-state index contributed by atoms with van der Waals surface area (Å²) < 4.78 is 0. The number of aromatic nitrogens is 2. The number of amides is 1. The summed E-state index contributed by atoms with van der Waals surface area (Å²) in [5, 5.41) is 11.7. The van der Waals surface area contributed by atoms with Gasteiger partial charge in [-0.25, -0.2) is 9.78 Å². The standard InChI is InChI=1S/C12H17N3O3/c16-11(8-3-1-2-4-8)15-10(12(17)18)5-9-6-13-7-14-9/h6-8,10H,1-5H2,(H,13,14)(H,15,16)(H,17,18)/t10-/m0/s1. The van der Waals surface area contributed by atoms with Gasteiger partial charge in [0.1, 0.15) is 6.04 Å². The molecule has 0 saturated heterocycles. The Kier molecular flexibility index (Phi) is 3.96. The first-order chi connectivity index (χ1) is 8.66. The second-order valence-corrected chi connectivity index (χ2v) is 4.66. The van der Waals surface area contributed by atoms with Gasteiger partial charge in [0, 0.05) is 24.2 Å². The summed E-state index contributed by atoms with van der Waals surface area (Å²) in [6.45, 7) is 0. The van der Waals surface area contributed by atoms with E-state index in [4.69, 9.17) is 5.11 Å². The van der Waals surface area contributed by atoms with Crippen LogP contribution >= 0.6 is 0 Å². The van der Waals surface area contributed by atoms with E-state index >= 15 is 0 Å². The molecule has 0 unspecified atom stereocenters. The van der Waals surface area contributed by atoms with Crippen LogP contribution in [0.2, 0.25) is 0 Å². The van der Waals surface area contributed by atoms with E-state index < -0.39 is 12.0 Å². The van der Waals surface area contributed by atoms with Crippen LogP contribution in [0.25, 0.3) is 0 Å². The molecule has 1 aliphatic rings. The summed E-state index contributed by atoms with van der Waals surface area (Å²) in [4.78, 5) is 29.7. The zero-order valence-corrected chi connectivity index (χ0v) is 10.1. The number of rotatable bonds is 5. The van der Waals surface area contributed by atoms with Crippen LogP contribution in [0.1, 0.15) is 31.4 Å². The number of hydrogen-bond donors (Lipinski definition) is 3. The fourth-order valence-electron chi connectivity index (χ4n) is 2.29. The van der Waals surface area contributed by atoms with Crippen LogP contribution < -0.4 is 5.32 Å². The Hall–Kier alpha value is -1.85. The molecule has 3 N–H and O–H groups in total. The quantitative estimate of drug-likeness (QED) is 0.718. The molecular formula is C12H17N3O3. The van der Waals surface area contributed by atoms with Crippen LogP contribution in [0.15, 0.2) is 12.5 Å². The highest BCUT2D eigenvalue weighted by atomic mass is 16.4. The first-order valence-electron chi connectivity index (χ1n) is 6.17. The lowest BCUT2D eigenvalue weighted by Gasteiger charge is -2.16. The molecule has 0 bridgehead atoms. The molecule has 0 radical (unpaired) electrons. The van der Waals surface area contributed by atoms with Crippen molar-refractivity contribution in [3.05, 3.63) is 18.2 Å². The van der Waals surface area contributed by atoms with E-state index in [1.54, 1.807) is 6.20 Å². The smallest absolute Gasteiger partial charge is 0.326 e. The molecule has 1 fully saturated rings. The van der Waals surface area contributed by atoms with E-state index in [2.05, 4.69) is 15.3 Å². The average Bonchev–Trinajstić information content (AvgIpc) is 3.00. The molecule has 2 rings (SSSR count). The van der Waals surface area contributed by atoms with Gasteiger partial charge in [-0.1, -0.05) is 12.8 Å². The van der Waals surface area contributed by atoms with E-state index in [1.165, 1.54) is 6.33 Å². The molecule has 1 aromatic heterocycles. The van der Waals surface area contributed by atoms with Crippen LogP contribution in [0.4, 0.5) is 0 Å². The number of aliphatic carboxylic acids is 1. The van der Waals surface area contributed by atoms with Crippen molar-refractivity contribution in [2.45, 2.75) is 38.1 Å². The Labute approximate surface area is 105 Å². The van der Waals surface area contributed by atoms with Crippen LogP contribution in [0, 0.1) is 5.92 Å². The molecule has 1 aromatic rings. The maximum Gasteiger partial charge on any atom is 0.326 e. The van der Waals surface area contributed by atoms with Gasteiger partial charge in [-0.15, -0.1) is 0 Å². The van der Waals surface area contributed by atoms with Crippen LogP contribution in [0.5, 0.6) is 0 Å². The number of hydrogen-bond acceptors (Lipinski definition) is 3. The van der Waals surface area contributed by atoms with Gasteiger partial charge in [0.15, 0.2) is 0 Å². The van der Waals surface area contributed by atoms with Gasteiger partial charge in [0.25, 0.3) is 0 Å². The fraction of sp³-hybridized carbons (Fsp3) is 0.583. The zero-order chi connectivity index (χ0) is 13.0. The Morgan fingerprint density at radius 1 is 1.50 bits per heavy atom. The van der Waals surface area contributed by atoms with Gasteiger partial charge < -0.3 is 15.4 Å². The molecule has 6 nitrogen and oxygen atoms in total. The third kappa shape index (κ3) is 3.09. The predicted molar refractivity (Wildman–Crippen MR) is 63.8 cm³/mol. The van der Waals surface area contributed by atoms with Crippen molar-refractivity contribution < 1.29 is 14.7 Å². The fourth-order valence-corrected chi connectivity index (χ4v) is 2.29. The Balaban J connectivity index is 1.93. The van der Waals surface area contributed by atoms with Crippen molar-refractivity contribution in [3.63, 3.8) is 0 Å². The molecule has 1 saturated carbocycles. The molecule has 1 aliphatic carbocycles. The van der Waals surface area contributed by atoms with E-state index in [-0.39, 0.29) is 18.2 Å². The monoisotopic (exact) mass is 251 g/mol. The molecule has 98 valence electrons. The van der Waals surface area contributed by atoms with E-state index in [1.807, 2.05) is 0 Å². The van der Waals surface area contributed by atoms with Crippen molar-refractivity contribution in [2.75, 3.05) is 0 Å². The number of H-pyrrole nitrogens is 1. The van der Waals surface area contributed by atoms with Gasteiger partial charge in [0.2, 0.25) is 5.91 Å². The van der Waals surface area contributed by atoms with Crippen LogP contribution in [0.3, 0.4) is 0 Å². The second kappa shape index (κ2) is 5.66. The van der Waals surface area contributed by atoms with Crippen molar-refractivity contribution in [3.8, 4) is 0 Å².